The normalized spacial score (nSPS) is 10.8. The lowest BCUT2D eigenvalue weighted by Crippen LogP contribution is -2.29. The van der Waals surface area contributed by atoms with Crippen LogP contribution < -0.4 is 10.6 Å². The topological polar surface area (TPSA) is 76.1 Å². The molecule has 7 heteroatoms. The van der Waals surface area contributed by atoms with Crippen molar-refractivity contribution in [2.75, 3.05) is 25.6 Å². The van der Waals surface area contributed by atoms with Crippen LogP contribution >= 0.6 is 11.3 Å². The molecule has 130 valence electrons. The Balaban J connectivity index is 1.71. The molecule has 25 heavy (non-hydrogen) atoms. The Morgan fingerprint density at radius 1 is 1.24 bits per heavy atom. The number of carbonyl (C=O) groups excluding carboxylic acids is 1. The average Bonchev–Trinajstić information content (AvgIpc) is 3.00. The smallest absolute Gasteiger partial charge is 0.321 e. The summed E-state index contributed by atoms with van der Waals surface area (Å²) in [5.74, 6) is 0. The Hall–Kier alpha value is -2.51. The number of hydrogen-bond acceptors (Lipinski definition) is 5. The number of rotatable bonds is 6. The summed E-state index contributed by atoms with van der Waals surface area (Å²) in [6.45, 7) is 3.21. The van der Waals surface area contributed by atoms with Gasteiger partial charge in [-0.25, -0.2) is 9.78 Å². The number of nitrogens with zero attached hydrogens (tertiary/aromatic N) is 2. The van der Waals surface area contributed by atoms with Gasteiger partial charge < -0.3 is 10.1 Å². The molecule has 0 bridgehead atoms. The second kappa shape index (κ2) is 8.04. The first-order chi connectivity index (χ1) is 12.2. The molecule has 3 rings (SSSR count). The molecule has 0 spiro atoms. The number of methoxy groups -OCH3 is 1. The number of thiazole rings is 1. The van der Waals surface area contributed by atoms with E-state index in [4.69, 9.17) is 4.74 Å². The number of carbonyl (C=O) groups is 1. The molecular formula is C18H20N4O2S. The van der Waals surface area contributed by atoms with E-state index in [0.29, 0.717) is 18.3 Å². The number of anilines is 1. The maximum atomic E-state index is 11.9. The number of pyridine rings is 1. The first kappa shape index (κ1) is 17.3. The van der Waals surface area contributed by atoms with E-state index in [1.54, 1.807) is 7.11 Å². The molecule has 2 amide bonds. The second-order valence-corrected chi connectivity index (χ2v) is 6.71. The molecule has 1 aromatic carbocycles. The molecule has 0 saturated carbocycles. The molecule has 0 aliphatic rings. The molecule has 2 aromatic heterocycles. The Labute approximate surface area is 150 Å². The minimum Gasteiger partial charge on any atom is -0.385 e. The van der Waals surface area contributed by atoms with Crippen LogP contribution in [0.15, 0.2) is 36.7 Å². The lowest BCUT2D eigenvalue weighted by Gasteiger charge is -2.04. The third kappa shape index (κ3) is 4.52. The van der Waals surface area contributed by atoms with Crippen LogP contribution in [0, 0.1) is 6.92 Å². The Morgan fingerprint density at radius 2 is 2.12 bits per heavy atom. The van der Waals surface area contributed by atoms with Crippen molar-refractivity contribution in [3.05, 3.63) is 42.2 Å². The molecule has 0 saturated heterocycles. The van der Waals surface area contributed by atoms with Crippen LogP contribution in [-0.2, 0) is 4.74 Å². The molecular weight excluding hydrogens is 336 g/mol. The number of urea groups is 1. The number of aryl methyl sites for hydroxylation is 1. The summed E-state index contributed by atoms with van der Waals surface area (Å²) in [4.78, 5) is 20.6. The molecule has 0 unspecified atom stereocenters. The second-order valence-electron chi connectivity index (χ2n) is 5.68. The maximum absolute atomic E-state index is 11.9. The standard InChI is InChI=1S/C18H20N4O2S/c1-12-8-14(11-19-10-12)13-4-5-15-16(9-13)25-18(21-15)22-17(23)20-6-3-7-24-2/h4-5,8-11H,3,6-7H2,1-2H3,(H2,20,21,22,23). The fourth-order valence-electron chi connectivity index (χ4n) is 2.43. The Morgan fingerprint density at radius 3 is 2.92 bits per heavy atom. The number of fused-ring (bicyclic) bond motifs is 1. The lowest BCUT2D eigenvalue weighted by atomic mass is 10.1. The molecule has 6 nitrogen and oxygen atoms in total. The minimum atomic E-state index is -0.252. The Kier molecular flexibility index (Phi) is 5.57. The molecule has 0 aliphatic carbocycles. The molecule has 0 radical (unpaired) electrons. The number of aromatic nitrogens is 2. The highest BCUT2D eigenvalue weighted by atomic mass is 32.1. The van der Waals surface area contributed by atoms with Crippen molar-refractivity contribution in [2.24, 2.45) is 0 Å². The zero-order valence-electron chi connectivity index (χ0n) is 14.2. The van der Waals surface area contributed by atoms with Crippen LogP contribution in [0.5, 0.6) is 0 Å². The van der Waals surface area contributed by atoms with Gasteiger partial charge in [-0.2, -0.15) is 0 Å². The summed E-state index contributed by atoms with van der Waals surface area (Å²) in [5, 5.41) is 6.15. The molecule has 2 N–H and O–H groups in total. The zero-order chi connectivity index (χ0) is 17.6. The van der Waals surface area contributed by atoms with Crippen LogP contribution in [0.3, 0.4) is 0 Å². The number of benzene rings is 1. The van der Waals surface area contributed by atoms with Gasteiger partial charge in [0.05, 0.1) is 10.2 Å². The van der Waals surface area contributed by atoms with Gasteiger partial charge in [-0.15, -0.1) is 0 Å². The van der Waals surface area contributed by atoms with Gasteiger partial charge in [0, 0.05) is 38.2 Å². The number of amides is 2. The zero-order valence-corrected chi connectivity index (χ0v) is 15.0. The van der Waals surface area contributed by atoms with Crippen molar-refractivity contribution in [3.63, 3.8) is 0 Å². The van der Waals surface area contributed by atoms with Crippen molar-refractivity contribution in [3.8, 4) is 11.1 Å². The van der Waals surface area contributed by atoms with Gasteiger partial charge in [0.1, 0.15) is 0 Å². The third-order valence-electron chi connectivity index (χ3n) is 3.63. The molecule has 0 atom stereocenters. The van der Waals surface area contributed by atoms with Gasteiger partial charge >= 0.3 is 6.03 Å². The van der Waals surface area contributed by atoms with E-state index in [9.17, 15) is 4.79 Å². The molecule has 2 heterocycles. The van der Waals surface area contributed by atoms with E-state index < -0.39 is 0 Å². The van der Waals surface area contributed by atoms with Crippen molar-refractivity contribution in [1.82, 2.24) is 15.3 Å². The van der Waals surface area contributed by atoms with E-state index >= 15 is 0 Å². The van der Waals surface area contributed by atoms with Gasteiger partial charge in [0.2, 0.25) is 0 Å². The molecule has 0 fully saturated rings. The van der Waals surface area contributed by atoms with Crippen LogP contribution in [0.2, 0.25) is 0 Å². The van der Waals surface area contributed by atoms with Crippen LogP contribution in [0.1, 0.15) is 12.0 Å². The van der Waals surface area contributed by atoms with Crippen molar-refractivity contribution in [2.45, 2.75) is 13.3 Å². The lowest BCUT2D eigenvalue weighted by molar-refractivity contribution is 0.194. The first-order valence-corrected chi connectivity index (χ1v) is 8.84. The van der Waals surface area contributed by atoms with E-state index in [1.165, 1.54) is 11.3 Å². The maximum Gasteiger partial charge on any atom is 0.321 e. The van der Waals surface area contributed by atoms with Gasteiger partial charge in [-0.1, -0.05) is 17.4 Å². The van der Waals surface area contributed by atoms with Gasteiger partial charge in [0.25, 0.3) is 0 Å². The first-order valence-electron chi connectivity index (χ1n) is 8.02. The van der Waals surface area contributed by atoms with Crippen molar-refractivity contribution in [1.29, 1.82) is 0 Å². The molecule has 3 aromatic rings. The fraction of sp³-hybridized carbons (Fsp3) is 0.278. The van der Waals surface area contributed by atoms with Gasteiger partial charge in [-0.05, 0) is 42.7 Å². The van der Waals surface area contributed by atoms with Crippen LogP contribution in [-0.4, -0.2) is 36.3 Å². The van der Waals surface area contributed by atoms with E-state index in [-0.39, 0.29) is 6.03 Å². The quantitative estimate of drug-likeness (QED) is 0.658. The predicted octanol–water partition coefficient (Wildman–Crippen LogP) is 3.82. The van der Waals surface area contributed by atoms with E-state index in [1.807, 2.05) is 31.5 Å². The number of ether oxygens (including phenoxy) is 1. The van der Waals surface area contributed by atoms with E-state index in [0.717, 1.165) is 33.3 Å². The summed E-state index contributed by atoms with van der Waals surface area (Å²) < 4.78 is 5.97. The number of hydrogen-bond donors (Lipinski definition) is 2. The minimum absolute atomic E-state index is 0.252. The summed E-state index contributed by atoms with van der Waals surface area (Å²) in [7, 11) is 1.64. The fourth-order valence-corrected chi connectivity index (χ4v) is 3.33. The van der Waals surface area contributed by atoms with Crippen LogP contribution in [0.25, 0.3) is 21.3 Å². The summed E-state index contributed by atoms with van der Waals surface area (Å²) in [6.07, 6.45) is 4.46. The highest BCUT2D eigenvalue weighted by Gasteiger charge is 2.09. The molecule has 0 aliphatic heterocycles. The SMILES string of the molecule is COCCCNC(=O)Nc1nc2ccc(-c3cncc(C)c3)cc2s1. The van der Waals surface area contributed by atoms with Crippen molar-refractivity contribution >= 4 is 32.7 Å². The highest BCUT2D eigenvalue weighted by molar-refractivity contribution is 7.22. The monoisotopic (exact) mass is 356 g/mol. The Bertz CT molecular complexity index is 878. The van der Waals surface area contributed by atoms with Gasteiger partial charge in [0.15, 0.2) is 5.13 Å². The third-order valence-corrected chi connectivity index (χ3v) is 4.56. The highest BCUT2D eigenvalue weighted by Crippen LogP contribution is 2.30. The largest absolute Gasteiger partial charge is 0.385 e. The average molecular weight is 356 g/mol. The van der Waals surface area contributed by atoms with Crippen molar-refractivity contribution < 1.29 is 9.53 Å². The summed E-state index contributed by atoms with van der Waals surface area (Å²) in [5.41, 5.74) is 4.14. The van der Waals surface area contributed by atoms with Crippen LogP contribution in [0.4, 0.5) is 9.93 Å². The van der Waals surface area contributed by atoms with E-state index in [2.05, 4.69) is 32.7 Å². The summed E-state index contributed by atoms with van der Waals surface area (Å²) >= 11 is 1.45. The number of nitrogens with one attached hydrogen (secondary N) is 2. The van der Waals surface area contributed by atoms with Gasteiger partial charge in [-0.3, -0.25) is 10.3 Å². The summed E-state index contributed by atoms with van der Waals surface area (Å²) in [6, 6.07) is 7.91. The predicted molar refractivity (Wildman–Crippen MR) is 101 cm³/mol.